The predicted molar refractivity (Wildman–Crippen MR) is 80.9 cm³/mol. The van der Waals surface area contributed by atoms with Gasteiger partial charge >= 0.3 is 5.97 Å². The Morgan fingerprint density at radius 1 is 1.60 bits per heavy atom. The lowest BCUT2D eigenvalue weighted by Gasteiger charge is -2.34. The molecule has 0 aromatic carbocycles. The number of carboxylic acids is 1. The Hall–Kier alpha value is -0.330. The highest BCUT2D eigenvalue weighted by atomic mass is 35.5. The summed E-state index contributed by atoms with van der Waals surface area (Å²) in [6, 6.07) is 1.72. The Morgan fingerprint density at radius 2 is 2.30 bits per heavy atom. The van der Waals surface area contributed by atoms with Crippen LogP contribution in [-0.2, 0) is 9.53 Å². The van der Waals surface area contributed by atoms with Crippen molar-refractivity contribution in [3.8, 4) is 0 Å². The van der Waals surface area contributed by atoms with E-state index in [9.17, 15) is 9.90 Å². The van der Waals surface area contributed by atoms with E-state index in [4.69, 9.17) is 27.9 Å². The zero-order valence-corrected chi connectivity index (χ0v) is 13.6. The van der Waals surface area contributed by atoms with Gasteiger partial charge in [0.1, 0.15) is 0 Å². The van der Waals surface area contributed by atoms with Crippen LogP contribution in [0.5, 0.6) is 0 Å². The zero-order valence-electron chi connectivity index (χ0n) is 11.3. The quantitative estimate of drug-likeness (QED) is 0.892. The third kappa shape index (κ3) is 3.12. The average molecular weight is 338 g/mol. The molecular formula is C13H17Cl2NO3S. The topological polar surface area (TPSA) is 49.8 Å². The lowest BCUT2D eigenvalue weighted by atomic mass is 9.99. The maximum absolute atomic E-state index is 11.3. The minimum absolute atomic E-state index is 0.00444. The van der Waals surface area contributed by atoms with E-state index < -0.39 is 11.9 Å². The normalized spacial score (nSPS) is 24.2. The van der Waals surface area contributed by atoms with Crippen molar-refractivity contribution in [1.82, 2.24) is 4.90 Å². The predicted octanol–water partition coefficient (Wildman–Crippen LogP) is 3.54. The third-order valence-electron chi connectivity index (χ3n) is 3.79. The highest BCUT2D eigenvalue weighted by molar-refractivity contribution is 7.20. The Balaban J connectivity index is 2.23. The number of hydrogen-bond donors (Lipinski definition) is 1. The van der Waals surface area contributed by atoms with Crippen molar-refractivity contribution in [2.24, 2.45) is 5.92 Å². The van der Waals surface area contributed by atoms with E-state index in [-0.39, 0.29) is 18.7 Å². The average Bonchev–Trinajstić information content (AvgIpc) is 2.97. The molecule has 0 saturated carbocycles. The van der Waals surface area contributed by atoms with Crippen molar-refractivity contribution in [1.29, 1.82) is 0 Å². The molecular weight excluding hydrogens is 321 g/mol. The number of hydrogen-bond acceptors (Lipinski definition) is 4. The maximum atomic E-state index is 11.3. The fraction of sp³-hybridized carbons (Fsp3) is 0.615. The third-order valence-corrected chi connectivity index (χ3v) is 5.31. The summed E-state index contributed by atoms with van der Waals surface area (Å²) in [5.74, 6) is -1.31. The molecule has 0 aliphatic carbocycles. The van der Waals surface area contributed by atoms with Gasteiger partial charge in [-0.25, -0.2) is 0 Å². The Bertz CT molecular complexity index is 494. The molecule has 3 unspecified atom stereocenters. The summed E-state index contributed by atoms with van der Waals surface area (Å²) in [4.78, 5) is 13.4. The van der Waals surface area contributed by atoms with Crippen LogP contribution in [0.15, 0.2) is 6.07 Å². The van der Waals surface area contributed by atoms with Gasteiger partial charge in [0.25, 0.3) is 0 Å². The minimum Gasteiger partial charge on any atom is -0.481 e. The summed E-state index contributed by atoms with van der Waals surface area (Å²) >= 11 is 13.5. The molecule has 1 N–H and O–H groups in total. The zero-order chi connectivity index (χ0) is 14.9. The van der Waals surface area contributed by atoms with Crippen LogP contribution >= 0.6 is 34.5 Å². The molecule has 2 rings (SSSR count). The van der Waals surface area contributed by atoms with Crippen molar-refractivity contribution >= 4 is 40.5 Å². The number of carboxylic acid groups (broad SMARTS) is 1. The van der Waals surface area contributed by atoms with Crippen molar-refractivity contribution in [2.75, 3.05) is 19.8 Å². The van der Waals surface area contributed by atoms with E-state index in [1.807, 2.05) is 19.9 Å². The van der Waals surface area contributed by atoms with Crippen LogP contribution in [0, 0.1) is 5.92 Å². The second-order valence-electron chi connectivity index (χ2n) is 4.84. The minimum atomic E-state index is -0.812. The molecule has 0 radical (unpaired) electrons. The van der Waals surface area contributed by atoms with Crippen LogP contribution in [0.4, 0.5) is 0 Å². The summed E-state index contributed by atoms with van der Waals surface area (Å²) < 4.78 is 6.66. The lowest BCUT2D eigenvalue weighted by Crippen LogP contribution is -2.44. The van der Waals surface area contributed by atoms with Crippen LogP contribution in [0.3, 0.4) is 0 Å². The fourth-order valence-electron chi connectivity index (χ4n) is 2.72. The molecule has 1 aromatic heterocycles. The number of ether oxygens (including phenoxy) is 1. The molecule has 1 saturated heterocycles. The Morgan fingerprint density at radius 3 is 2.80 bits per heavy atom. The van der Waals surface area contributed by atoms with E-state index in [0.717, 1.165) is 12.1 Å². The van der Waals surface area contributed by atoms with Gasteiger partial charge in [-0.3, -0.25) is 9.69 Å². The second kappa shape index (κ2) is 6.62. The number of halogens is 2. The first-order chi connectivity index (χ1) is 9.45. The Kier molecular flexibility index (Phi) is 5.31. The monoisotopic (exact) mass is 337 g/mol. The van der Waals surface area contributed by atoms with Crippen molar-refractivity contribution in [3.63, 3.8) is 0 Å². The molecule has 1 aliphatic heterocycles. The van der Waals surface area contributed by atoms with Gasteiger partial charge in [0.2, 0.25) is 0 Å². The lowest BCUT2D eigenvalue weighted by molar-refractivity contribution is -0.143. The van der Waals surface area contributed by atoms with Gasteiger partial charge in [-0.15, -0.1) is 11.3 Å². The first-order valence-corrected chi connectivity index (χ1v) is 8.04. The standard InChI is InChI=1S/C13H17Cl2NO3S/c1-3-16(10-6-19-5-9(10)13(17)18)7(2)8-4-11(14)20-12(8)15/h4,7,9-10H,3,5-6H2,1-2H3,(H,17,18). The molecule has 20 heavy (non-hydrogen) atoms. The first kappa shape index (κ1) is 16.0. The molecule has 1 fully saturated rings. The molecule has 1 aliphatic rings. The molecule has 3 atom stereocenters. The number of likely N-dealkylation sites (N-methyl/N-ethyl adjacent to an activating group) is 1. The largest absolute Gasteiger partial charge is 0.481 e. The van der Waals surface area contributed by atoms with E-state index >= 15 is 0 Å². The van der Waals surface area contributed by atoms with Crippen LogP contribution in [0.25, 0.3) is 0 Å². The molecule has 0 amide bonds. The van der Waals surface area contributed by atoms with Gasteiger partial charge in [0, 0.05) is 17.6 Å². The number of thiophene rings is 1. The van der Waals surface area contributed by atoms with Crippen LogP contribution in [0.1, 0.15) is 25.5 Å². The Labute approximate surface area is 132 Å². The summed E-state index contributed by atoms with van der Waals surface area (Å²) in [5.41, 5.74) is 0.944. The van der Waals surface area contributed by atoms with Gasteiger partial charge in [-0.1, -0.05) is 30.1 Å². The van der Waals surface area contributed by atoms with E-state index in [2.05, 4.69) is 4.90 Å². The summed E-state index contributed by atoms with van der Waals surface area (Å²) in [5, 5.41) is 9.29. The number of rotatable bonds is 5. The van der Waals surface area contributed by atoms with Crippen LogP contribution in [0.2, 0.25) is 8.67 Å². The maximum Gasteiger partial charge on any atom is 0.310 e. The molecule has 0 spiro atoms. The summed E-state index contributed by atoms with van der Waals surface area (Å²) in [6.07, 6.45) is 0. The summed E-state index contributed by atoms with van der Waals surface area (Å²) in [6.45, 7) is 5.45. The number of carbonyl (C=O) groups is 1. The highest BCUT2D eigenvalue weighted by Crippen LogP contribution is 2.38. The van der Waals surface area contributed by atoms with Gasteiger partial charge in [-0.05, 0) is 19.5 Å². The molecule has 0 bridgehead atoms. The van der Waals surface area contributed by atoms with Crippen LogP contribution < -0.4 is 0 Å². The summed E-state index contributed by atoms with van der Waals surface area (Å²) in [7, 11) is 0. The molecule has 2 heterocycles. The van der Waals surface area contributed by atoms with Crippen molar-refractivity contribution in [3.05, 3.63) is 20.3 Å². The molecule has 7 heteroatoms. The second-order valence-corrected chi connectivity index (χ2v) is 7.12. The van der Waals surface area contributed by atoms with E-state index in [1.165, 1.54) is 11.3 Å². The number of aliphatic carboxylic acids is 1. The van der Waals surface area contributed by atoms with Gasteiger partial charge in [0.05, 0.1) is 27.8 Å². The van der Waals surface area contributed by atoms with E-state index in [1.54, 1.807) is 0 Å². The SMILES string of the molecule is CCN(C(C)c1cc(Cl)sc1Cl)C1COCC1C(=O)O. The van der Waals surface area contributed by atoms with Crippen molar-refractivity contribution in [2.45, 2.75) is 25.9 Å². The van der Waals surface area contributed by atoms with Gasteiger partial charge in [0.15, 0.2) is 0 Å². The smallest absolute Gasteiger partial charge is 0.310 e. The van der Waals surface area contributed by atoms with Gasteiger partial charge < -0.3 is 9.84 Å². The highest BCUT2D eigenvalue weighted by Gasteiger charge is 2.39. The fourth-order valence-corrected chi connectivity index (χ4v) is 4.35. The molecule has 4 nitrogen and oxygen atoms in total. The van der Waals surface area contributed by atoms with Crippen LogP contribution in [-0.4, -0.2) is 41.8 Å². The van der Waals surface area contributed by atoms with Crippen molar-refractivity contribution < 1.29 is 14.6 Å². The number of nitrogens with zero attached hydrogens (tertiary/aromatic N) is 1. The molecule has 112 valence electrons. The molecule has 1 aromatic rings. The first-order valence-electron chi connectivity index (χ1n) is 6.46. The van der Waals surface area contributed by atoms with E-state index in [0.29, 0.717) is 15.3 Å². The van der Waals surface area contributed by atoms with Gasteiger partial charge in [-0.2, -0.15) is 0 Å².